The Labute approximate surface area is 610 Å². The molecule has 0 spiro atoms. The second-order valence-electron chi connectivity index (χ2n) is 27.2. The minimum atomic E-state index is -1.01. The highest BCUT2D eigenvalue weighted by atomic mass is 16.6. The summed E-state index contributed by atoms with van der Waals surface area (Å²) < 4.78 is 56.1. The number of hydrogen-bond acceptors (Lipinski definition) is 19. The zero-order valence-corrected chi connectivity index (χ0v) is 63.0. The number of carbonyl (C=O) groups is 9. The number of anilines is 1. The Morgan fingerprint density at radius 2 is 1.19 bits per heavy atom. The summed E-state index contributed by atoms with van der Waals surface area (Å²) in [5.74, 6) is -4.44. The molecule has 0 bridgehead atoms. The van der Waals surface area contributed by atoms with Crippen molar-refractivity contribution in [2.45, 2.75) is 181 Å². The summed E-state index contributed by atoms with van der Waals surface area (Å²) in [6.45, 7) is 20.6. The zero-order valence-electron chi connectivity index (χ0n) is 63.0. The van der Waals surface area contributed by atoms with E-state index in [-0.39, 0.29) is 98.3 Å². The molecule has 0 aliphatic carbocycles. The van der Waals surface area contributed by atoms with Crippen LogP contribution >= 0.6 is 0 Å². The van der Waals surface area contributed by atoms with E-state index in [1.165, 1.54) is 31.3 Å². The van der Waals surface area contributed by atoms with Crippen LogP contribution in [0.5, 0.6) is 0 Å². The first kappa shape index (κ1) is 86.8. The van der Waals surface area contributed by atoms with Gasteiger partial charge in [-0.05, 0) is 86.5 Å². The van der Waals surface area contributed by atoms with Crippen LogP contribution in [0.4, 0.5) is 5.69 Å². The largest absolute Gasteiger partial charge is 0.382 e. The van der Waals surface area contributed by atoms with E-state index >= 15 is 0 Å². The number of nitrogens with zero attached hydrogens (tertiary/aromatic N) is 4. The fourth-order valence-corrected chi connectivity index (χ4v) is 13.2. The van der Waals surface area contributed by atoms with Gasteiger partial charge in [0.25, 0.3) is 11.8 Å². The molecule has 27 nitrogen and oxygen atoms in total. The number of piperidine rings is 1. The maximum Gasteiger partial charge on any atom is 0.253 e. The summed E-state index contributed by atoms with van der Waals surface area (Å²) >= 11 is 0. The summed E-state index contributed by atoms with van der Waals surface area (Å²) in [5, 5.41) is 12.0. The number of likely N-dealkylation sites (N-methyl/N-ethyl adjacent to an activating group) is 1. The molecule has 103 heavy (non-hydrogen) atoms. The summed E-state index contributed by atoms with van der Waals surface area (Å²) in [6, 6.07) is 12.2. The minimum Gasteiger partial charge on any atom is -0.382 e. The highest BCUT2D eigenvalue weighted by molar-refractivity contribution is 6.12. The summed E-state index contributed by atoms with van der Waals surface area (Å²) in [5.41, 5.74) is 2.11. The summed E-state index contributed by atoms with van der Waals surface area (Å²) in [6.07, 6.45) is 6.53. The molecule has 2 fully saturated rings. The second kappa shape index (κ2) is 48.3. The first-order valence-electron chi connectivity index (χ1n) is 37.0. The van der Waals surface area contributed by atoms with E-state index in [4.69, 9.17) is 47.4 Å². The molecule has 0 saturated carbocycles. The van der Waals surface area contributed by atoms with Crippen molar-refractivity contribution in [1.82, 2.24) is 35.6 Å². The number of rotatable bonds is 52. The maximum atomic E-state index is 15.0. The third kappa shape index (κ3) is 29.6. The van der Waals surface area contributed by atoms with Gasteiger partial charge in [-0.15, -0.1) is 0 Å². The van der Waals surface area contributed by atoms with Gasteiger partial charge in [0.05, 0.1) is 142 Å². The Hall–Kier alpha value is -6.79. The van der Waals surface area contributed by atoms with Crippen molar-refractivity contribution in [3.05, 3.63) is 77.9 Å². The highest BCUT2D eigenvalue weighted by Gasteiger charge is 2.46. The number of amides is 9. The van der Waals surface area contributed by atoms with Gasteiger partial charge in [0.2, 0.25) is 41.4 Å². The Balaban J connectivity index is 1.10. The quantitative estimate of drug-likeness (QED) is 0.0457. The fraction of sp³-hybridized carbons (Fsp3) is 0.697. The van der Waals surface area contributed by atoms with Gasteiger partial charge in [-0.25, -0.2) is 0 Å². The fourth-order valence-electron chi connectivity index (χ4n) is 13.2. The van der Waals surface area contributed by atoms with Crippen molar-refractivity contribution in [3.63, 3.8) is 0 Å². The minimum absolute atomic E-state index is 0.0537. The van der Waals surface area contributed by atoms with Crippen molar-refractivity contribution in [1.29, 1.82) is 0 Å². The predicted octanol–water partition coefficient (Wildman–Crippen LogP) is 5.68. The van der Waals surface area contributed by atoms with E-state index in [0.717, 1.165) is 11.1 Å². The number of likely N-dealkylation sites (tertiary alicyclic amines) is 2. The molecule has 27 heteroatoms. The number of carbonyl (C=O) groups excluding carboxylic acids is 9. The van der Waals surface area contributed by atoms with E-state index in [9.17, 15) is 43.2 Å². The van der Waals surface area contributed by atoms with Crippen LogP contribution in [0.2, 0.25) is 0 Å². The second-order valence-corrected chi connectivity index (χ2v) is 27.2. The third-order valence-corrected chi connectivity index (χ3v) is 19.3. The van der Waals surface area contributed by atoms with Gasteiger partial charge in [-0.3, -0.25) is 48.1 Å². The predicted molar refractivity (Wildman–Crippen MR) is 387 cm³/mol. The van der Waals surface area contributed by atoms with Crippen LogP contribution in [0.1, 0.15) is 130 Å². The number of benzene rings is 2. The normalized spacial score (nSPS) is 18.9. The van der Waals surface area contributed by atoms with Crippen LogP contribution in [-0.4, -0.2) is 262 Å². The van der Waals surface area contributed by atoms with Crippen molar-refractivity contribution >= 4 is 58.9 Å². The van der Waals surface area contributed by atoms with Crippen LogP contribution in [-0.2, 0) is 103 Å². The van der Waals surface area contributed by atoms with Crippen LogP contribution in [0, 0.1) is 23.7 Å². The Morgan fingerprint density at radius 1 is 0.621 bits per heavy atom. The van der Waals surface area contributed by atoms with E-state index in [0.29, 0.717) is 162 Å². The number of imide groups is 1. The number of unbranched alkanes of at least 4 members (excludes halogenated alkanes) is 2. The first-order chi connectivity index (χ1) is 49.6. The van der Waals surface area contributed by atoms with Crippen LogP contribution in [0.25, 0.3) is 0 Å². The molecule has 3 heterocycles. The molecule has 5 rings (SSSR count). The molecular weight excluding hydrogens is 1330 g/mol. The molecule has 2 aromatic rings. The van der Waals surface area contributed by atoms with Crippen LogP contribution in [0.15, 0.2) is 66.7 Å². The van der Waals surface area contributed by atoms with Crippen LogP contribution in [0.3, 0.4) is 0 Å². The number of methoxy groups -OCH3 is 3. The number of ether oxygens (including phenoxy) is 10. The summed E-state index contributed by atoms with van der Waals surface area (Å²) in [4.78, 5) is 130. The standard InChI is InChI=1S/C76H120N8O19/c1-12-54(4)70(81(8)76(93)69(53(2)3)80-75(92)71-55(5)24-25-56(6)84(71)67(88)32-35-97-38-39-99-42-43-101-46-47-103-49-48-102-45-44-100-41-40-98-37-36-94-9)63(95-10)51-68(89)82-34-19-22-62(82)72(96-11)57(7)73(90)79-61(50-58-20-15-13-16-21-58)74(91)78-60-28-26-59(27-29-60)52-77-64(85)23-17-14-18-33-83-65(86)30-31-66(83)87/h13,15-16,20-21,26-31,53-57,61-63,69-72H,12,14,17-19,22-25,32-52H2,1-11H3,(H,77,85)(H,78,91)(H,79,90)(H,80,92)/t54-,55?,56+,57+,61-,62-,63+,69-,70-,71-,72+/m0/s1. The lowest BCUT2D eigenvalue weighted by molar-refractivity contribution is -0.151. The lowest BCUT2D eigenvalue weighted by atomic mass is 9.85. The van der Waals surface area contributed by atoms with Gasteiger partial charge in [0.1, 0.15) is 18.1 Å². The summed E-state index contributed by atoms with van der Waals surface area (Å²) in [7, 11) is 6.34. The van der Waals surface area contributed by atoms with Crippen LogP contribution < -0.4 is 21.3 Å². The molecule has 2 saturated heterocycles. The topological polar surface area (TPSA) is 307 Å². The van der Waals surface area contributed by atoms with Gasteiger partial charge < -0.3 is 83.3 Å². The monoisotopic (exact) mass is 1450 g/mol. The van der Waals surface area contributed by atoms with E-state index < -0.39 is 66.1 Å². The van der Waals surface area contributed by atoms with Gasteiger partial charge in [-0.1, -0.05) is 96.8 Å². The van der Waals surface area contributed by atoms with E-state index in [2.05, 4.69) is 21.3 Å². The van der Waals surface area contributed by atoms with Crippen molar-refractivity contribution in [2.24, 2.45) is 23.7 Å². The molecular formula is C76H120N8O19. The smallest absolute Gasteiger partial charge is 0.253 e. The van der Waals surface area contributed by atoms with E-state index in [1.807, 2.05) is 71.9 Å². The molecule has 3 aliphatic rings. The molecule has 578 valence electrons. The van der Waals surface area contributed by atoms with Gasteiger partial charge >= 0.3 is 0 Å². The Morgan fingerprint density at radius 3 is 1.74 bits per heavy atom. The van der Waals surface area contributed by atoms with Crippen molar-refractivity contribution in [3.8, 4) is 0 Å². The Bertz CT molecular complexity index is 2890. The number of nitrogens with one attached hydrogen (secondary N) is 4. The van der Waals surface area contributed by atoms with Crippen molar-refractivity contribution < 1.29 is 90.5 Å². The van der Waals surface area contributed by atoms with E-state index in [1.54, 1.807) is 60.0 Å². The van der Waals surface area contributed by atoms with Crippen molar-refractivity contribution in [2.75, 3.05) is 146 Å². The highest BCUT2D eigenvalue weighted by Crippen LogP contribution is 2.32. The molecule has 2 aromatic carbocycles. The average molecular weight is 1450 g/mol. The van der Waals surface area contributed by atoms with Gasteiger partial charge in [0.15, 0.2) is 0 Å². The SMILES string of the molecule is CC[C@H](C)[C@@H]([C@@H](CC(=O)N1CCC[C@H]1[C@H](OC)[C@@H](C)C(=O)N[C@@H](Cc1ccccc1)C(=O)Nc1ccc(CNC(=O)CCCCCN2C(=O)C=CC2=O)cc1)OC)N(C)C(=O)[C@@H](NC(=O)[C@@H]1C(C)CC[C@@H](C)N1C(=O)CCOCCOCCOCCOCCOCCOCCOCCOC)C(C)C. The molecule has 9 amide bonds. The van der Waals surface area contributed by atoms with Gasteiger partial charge in [0, 0.05) is 84.7 Å². The maximum absolute atomic E-state index is 15.0. The molecule has 0 radical (unpaired) electrons. The molecule has 0 aromatic heterocycles. The molecule has 11 atom stereocenters. The average Bonchev–Trinajstić information content (AvgIpc) is 1.15. The lowest BCUT2D eigenvalue weighted by Crippen LogP contribution is -2.63. The molecule has 1 unspecified atom stereocenters. The first-order valence-corrected chi connectivity index (χ1v) is 37.0. The molecule has 4 N–H and O–H groups in total. The molecule has 3 aliphatic heterocycles. The zero-order chi connectivity index (χ0) is 75.1. The number of hydrogen-bond donors (Lipinski definition) is 4. The van der Waals surface area contributed by atoms with Gasteiger partial charge in [-0.2, -0.15) is 0 Å². The third-order valence-electron chi connectivity index (χ3n) is 19.3. The Kier molecular flexibility index (Phi) is 40.8. The lowest BCUT2D eigenvalue weighted by Gasteiger charge is -2.44.